The predicted molar refractivity (Wildman–Crippen MR) is 153 cm³/mol. The zero-order valence-electron chi connectivity index (χ0n) is 20.1. The summed E-state index contributed by atoms with van der Waals surface area (Å²) in [6.45, 7) is 3.35. The van der Waals surface area contributed by atoms with E-state index in [1.165, 1.54) is 18.3 Å². The molecule has 4 aromatic rings. The predicted octanol–water partition coefficient (Wildman–Crippen LogP) is 7.14. The van der Waals surface area contributed by atoms with E-state index in [-0.39, 0.29) is 17.5 Å². The summed E-state index contributed by atoms with van der Waals surface area (Å²) in [6.07, 6.45) is 0. The highest BCUT2D eigenvalue weighted by atomic mass is 127. The van der Waals surface area contributed by atoms with Gasteiger partial charge in [-0.3, -0.25) is 0 Å². The molecule has 3 nitrogen and oxygen atoms in total. The van der Waals surface area contributed by atoms with Gasteiger partial charge in [0.15, 0.2) is 26.9 Å². The minimum absolute atomic E-state index is 0.183. The van der Waals surface area contributed by atoms with Crippen molar-refractivity contribution in [3.8, 4) is 17.6 Å². The molecule has 36 heavy (non-hydrogen) atoms. The van der Waals surface area contributed by atoms with Crippen molar-refractivity contribution < 1.29 is 14.3 Å². The molecule has 1 unspecified atom stereocenters. The second-order valence-corrected chi connectivity index (χ2v) is 11.7. The molecule has 0 amide bonds. The molecular weight excluding hydrogens is 579 g/mol. The van der Waals surface area contributed by atoms with Gasteiger partial charge in [-0.25, -0.2) is 4.79 Å². The van der Waals surface area contributed by atoms with Gasteiger partial charge in [0.2, 0.25) is 0 Å². The van der Waals surface area contributed by atoms with E-state index in [0.717, 1.165) is 5.56 Å². The molecule has 0 aliphatic carbocycles. The van der Waals surface area contributed by atoms with Crippen LogP contribution in [0.1, 0.15) is 19.4 Å². The number of rotatable bonds is 7. The minimum atomic E-state index is -0.919. The Morgan fingerprint density at radius 1 is 0.778 bits per heavy atom. The monoisotopic (exact) mass is 605 g/mol. The van der Waals surface area contributed by atoms with Crippen LogP contribution in [0.5, 0.6) is 5.75 Å². The number of carbonyl (C=O) groups is 1. The van der Waals surface area contributed by atoms with Gasteiger partial charge in [-0.1, -0.05) is 48.2 Å². The zero-order valence-corrected chi connectivity index (χ0v) is 23.1. The van der Waals surface area contributed by atoms with Crippen LogP contribution in [0.25, 0.3) is 0 Å². The highest BCUT2D eigenvalue weighted by Crippen LogP contribution is 2.32. The lowest BCUT2D eigenvalue weighted by Crippen LogP contribution is -2.29. The Morgan fingerprint density at radius 2 is 1.31 bits per heavy atom. The summed E-state index contributed by atoms with van der Waals surface area (Å²) < 4.78 is 12.5. The molecule has 0 heterocycles. The summed E-state index contributed by atoms with van der Waals surface area (Å²) in [5.41, 5.74) is -0.0461. The van der Waals surface area contributed by atoms with Gasteiger partial charge < -0.3 is 9.47 Å². The zero-order chi connectivity index (χ0) is 25.4. The Morgan fingerprint density at radius 3 is 1.92 bits per heavy atom. The van der Waals surface area contributed by atoms with Crippen molar-refractivity contribution in [1.82, 2.24) is 0 Å². The highest BCUT2D eigenvalue weighted by Gasteiger charge is 2.28. The second kappa shape index (κ2) is 12.2. The fourth-order valence-corrected chi connectivity index (χ4v) is 5.86. The topological polar surface area (TPSA) is 35.5 Å². The Balaban J connectivity index is 1.41. The van der Waals surface area contributed by atoms with Crippen molar-refractivity contribution in [2.24, 2.45) is 0 Å². The third-order valence-corrected chi connectivity index (χ3v) is 8.04. The first-order valence-corrected chi connectivity index (χ1v) is 13.8. The summed E-state index contributed by atoms with van der Waals surface area (Å²) in [6, 6.07) is 36.6. The molecule has 0 aliphatic rings. The van der Waals surface area contributed by atoms with Crippen LogP contribution in [0.3, 0.4) is 0 Å². The third-order valence-electron chi connectivity index (χ3n) is 5.10. The largest absolute Gasteiger partial charge is 0.482 e. The quantitative estimate of drug-likeness (QED) is 0.0973. The summed E-state index contributed by atoms with van der Waals surface area (Å²) in [5.74, 6) is 6.20. The first-order valence-electron chi connectivity index (χ1n) is 11.5. The standard InChI is InChI=1S/C31H26IO3S/c1-31(2,22-21-24-9-5-3-6-10-24)35-30(33)23-34-26-15-19-29(20-16-26)36(27-11-7-4-8-12-27)28-17-13-25(32)14-18-28/h3-20H,23H2,1-2H3/q+1. The Hall–Kier alpha value is -3.21. The average Bonchev–Trinajstić information content (AvgIpc) is 2.89. The lowest BCUT2D eigenvalue weighted by Gasteiger charge is -2.19. The van der Waals surface area contributed by atoms with Crippen LogP contribution < -0.4 is 4.74 Å². The lowest BCUT2D eigenvalue weighted by atomic mass is 10.1. The number of hydrogen-bond donors (Lipinski definition) is 0. The maximum Gasteiger partial charge on any atom is 0.345 e. The molecule has 4 aromatic carbocycles. The van der Waals surface area contributed by atoms with E-state index < -0.39 is 11.6 Å². The van der Waals surface area contributed by atoms with Gasteiger partial charge in [-0.2, -0.15) is 0 Å². The van der Waals surface area contributed by atoms with Crippen molar-refractivity contribution in [2.75, 3.05) is 6.61 Å². The lowest BCUT2D eigenvalue weighted by molar-refractivity contribution is -0.154. The van der Waals surface area contributed by atoms with Gasteiger partial charge >= 0.3 is 5.97 Å². The summed E-state index contributed by atoms with van der Waals surface area (Å²) in [4.78, 5) is 16.1. The van der Waals surface area contributed by atoms with Gasteiger partial charge in [0.05, 0.1) is 10.9 Å². The number of benzene rings is 4. The first kappa shape index (κ1) is 25.9. The number of carbonyl (C=O) groups excluding carboxylic acids is 1. The van der Waals surface area contributed by atoms with Crippen molar-refractivity contribution in [1.29, 1.82) is 0 Å². The van der Waals surface area contributed by atoms with E-state index in [2.05, 4.69) is 95.1 Å². The van der Waals surface area contributed by atoms with E-state index in [4.69, 9.17) is 9.47 Å². The molecule has 5 heteroatoms. The fourth-order valence-electron chi connectivity index (χ4n) is 3.43. The molecule has 0 fully saturated rings. The molecule has 4 rings (SSSR count). The fraction of sp³-hybridized carbons (Fsp3) is 0.129. The van der Waals surface area contributed by atoms with Crippen molar-refractivity contribution in [2.45, 2.75) is 34.1 Å². The smallest absolute Gasteiger partial charge is 0.345 e. The van der Waals surface area contributed by atoms with E-state index in [1.54, 1.807) is 13.8 Å². The first-order chi connectivity index (χ1) is 17.4. The molecule has 180 valence electrons. The average molecular weight is 606 g/mol. The highest BCUT2D eigenvalue weighted by molar-refractivity contribution is 14.1. The van der Waals surface area contributed by atoms with Crippen molar-refractivity contribution in [3.63, 3.8) is 0 Å². The molecule has 0 bridgehead atoms. The van der Waals surface area contributed by atoms with Crippen LogP contribution in [-0.2, 0) is 20.4 Å². The molecule has 0 aromatic heterocycles. The van der Waals surface area contributed by atoms with E-state index in [1.807, 2.05) is 48.5 Å². The van der Waals surface area contributed by atoms with Gasteiger partial charge in [0, 0.05) is 9.13 Å². The molecule has 1 atom stereocenters. The Bertz CT molecular complexity index is 1340. The SMILES string of the molecule is CC(C)(C#Cc1ccccc1)OC(=O)COc1ccc([S+](c2ccccc2)c2ccc(I)cc2)cc1. The van der Waals surface area contributed by atoms with Gasteiger partial charge in [-0.15, -0.1) is 0 Å². The second-order valence-electron chi connectivity index (χ2n) is 8.43. The molecule has 0 saturated carbocycles. The van der Waals surface area contributed by atoms with Gasteiger partial charge in [0.1, 0.15) is 5.75 Å². The van der Waals surface area contributed by atoms with Crippen LogP contribution in [0, 0.1) is 15.4 Å². The van der Waals surface area contributed by atoms with Crippen molar-refractivity contribution >= 4 is 39.5 Å². The number of hydrogen-bond acceptors (Lipinski definition) is 3. The van der Waals surface area contributed by atoms with Crippen LogP contribution in [0.2, 0.25) is 0 Å². The molecule has 0 aliphatic heterocycles. The van der Waals surface area contributed by atoms with E-state index >= 15 is 0 Å². The van der Waals surface area contributed by atoms with Crippen LogP contribution in [0.15, 0.2) is 124 Å². The van der Waals surface area contributed by atoms with Crippen LogP contribution >= 0.6 is 22.6 Å². The van der Waals surface area contributed by atoms with E-state index in [0.29, 0.717) is 5.75 Å². The van der Waals surface area contributed by atoms with Gasteiger partial charge in [0.25, 0.3) is 0 Å². The maximum absolute atomic E-state index is 12.4. The number of ether oxygens (including phenoxy) is 2. The van der Waals surface area contributed by atoms with Crippen molar-refractivity contribution in [3.05, 3.63) is 118 Å². The Labute approximate surface area is 229 Å². The van der Waals surface area contributed by atoms with Crippen LogP contribution in [0.4, 0.5) is 0 Å². The normalized spacial score (nSPS) is 11.6. The molecular formula is C31H26IO3S+. The van der Waals surface area contributed by atoms with Crippen LogP contribution in [-0.4, -0.2) is 18.2 Å². The van der Waals surface area contributed by atoms with E-state index in [9.17, 15) is 4.79 Å². The summed E-state index contributed by atoms with van der Waals surface area (Å²) >= 11 is 2.32. The molecule has 0 saturated heterocycles. The number of halogens is 1. The number of esters is 1. The molecule has 0 spiro atoms. The minimum Gasteiger partial charge on any atom is -0.482 e. The maximum atomic E-state index is 12.4. The summed E-state index contributed by atoms with van der Waals surface area (Å²) in [5, 5.41) is 0. The Kier molecular flexibility index (Phi) is 8.74. The molecule has 0 N–H and O–H groups in total. The summed E-state index contributed by atoms with van der Waals surface area (Å²) in [7, 11) is -0.241. The van der Waals surface area contributed by atoms with Gasteiger partial charge in [-0.05, 0) is 109 Å². The molecule has 0 radical (unpaired) electrons. The third kappa shape index (κ3) is 7.39.